The summed E-state index contributed by atoms with van der Waals surface area (Å²) in [4.78, 5) is 15.1. The summed E-state index contributed by atoms with van der Waals surface area (Å²) in [6, 6.07) is 3.03. The lowest BCUT2D eigenvalue weighted by atomic mass is 9.93. The average molecular weight is 466 g/mol. The Morgan fingerprint density at radius 3 is 2.71 bits per heavy atom. The van der Waals surface area contributed by atoms with E-state index in [4.69, 9.17) is 9.26 Å². The van der Waals surface area contributed by atoms with Crippen molar-refractivity contribution in [2.24, 2.45) is 0 Å². The topological polar surface area (TPSA) is 108 Å². The van der Waals surface area contributed by atoms with Crippen LogP contribution in [0.5, 0.6) is 11.5 Å². The molecule has 1 aromatic heterocycles. The Morgan fingerprint density at radius 1 is 1.24 bits per heavy atom. The molecule has 8 nitrogen and oxygen atoms in total. The number of morpholine rings is 1. The number of nitrogens with zero attached hydrogens (tertiary/aromatic N) is 2. The normalized spacial score (nSPS) is 22.4. The fourth-order valence-electron chi connectivity index (χ4n) is 4.39. The largest absolute Gasteiger partial charge is 0.508 e. The van der Waals surface area contributed by atoms with E-state index >= 15 is 0 Å². The lowest BCUT2D eigenvalue weighted by Crippen LogP contribution is -2.37. The minimum atomic E-state index is -0.355. The third-order valence-electron chi connectivity index (χ3n) is 6.18. The number of carbonyl (C=O) groups is 1. The van der Waals surface area contributed by atoms with Crippen LogP contribution in [0.4, 0.5) is 0 Å². The van der Waals surface area contributed by atoms with Crippen LogP contribution in [0.25, 0.3) is 16.9 Å². The zero-order valence-corrected chi connectivity index (χ0v) is 19.8. The maximum Gasteiger partial charge on any atom is 0.274 e. The first kappa shape index (κ1) is 23.8. The van der Waals surface area contributed by atoms with Gasteiger partial charge in [-0.25, -0.2) is 0 Å². The Kier molecular flexibility index (Phi) is 7.19. The van der Waals surface area contributed by atoms with Crippen molar-refractivity contribution in [2.75, 3.05) is 39.4 Å². The standard InChI is InChI=1S/C26H31N3O5/c1-4-18-7-6-17(15-29-8-10-33-11-9-29)12-16(3)19-13-20(22(31)14-21(19)30)25-23(18)24(28-34-25)26(32)27-5-2/h4,6-7,12-14,16,30-31H,5,8-11,15H2,1-3H3,(H,27,32)/b7-6-,17-12+,18-4+. The predicted octanol–water partition coefficient (Wildman–Crippen LogP) is 3.84. The first-order valence-corrected chi connectivity index (χ1v) is 11.6. The third kappa shape index (κ3) is 4.78. The average Bonchev–Trinajstić information content (AvgIpc) is 3.24. The molecule has 1 fully saturated rings. The number of benzene rings is 1. The van der Waals surface area contributed by atoms with Crippen molar-refractivity contribution >= 4 is 11.5 Å². The van der Waals surface area contributed by atoms with Gasteiger partial charge in [-0.2, -0.15) is 0 Å². The molecular formula is C26H31N3O5. The number of carbonyl (C=O) groups excluding carboxylic acids is 1. The van der Waals surface area contributed by atoms with Crippen molar-refractivity contribution in [2.45, 2.75) is 26.7 Å². The number of hydrogen-bond donors (Lipinski definition) is 3. The van der Waals surface area contributed by atoms with Crippen molar-refractivity contribution in [3.05, 3.63) is 58.8 Å². The van der Waals surface area contributed by atoms with Crippen LogP contribution in [0.2, 0.25) is 0 Å². The van der Waals surface area contributed by atoms with Gasteiger partial charge in [0.15, 0.2) is 11.5 Å². The maximum absolute atomic E-state index is 12.8. The molecule has 2 aliphatic rings. The zero-order valence-electron chi connectivity index (χ0n) is 19.8. The molecule has 180 valence electrons. The number of fused-ring (bicyclic) bond motifs is 4. The minimum absolute atomic E-state index is 0.00443. The van der Waals surface area contributed by atoms with Gasteiger partial charge in [-0.05, 0) is 31.1 Å². The Labute approximate surface area is 199 Å². The van der Waals surface area contributed by atoms with Crippen LogP contribution in [0.3, 0.4) is 0 Å². The summed E-state index contributed by atoms with van der Waals surface area (Å²) in [5, 5.41) is 28.2. The first-order valence-electron chi connectivity index (χ1n) is 11.6. The molecular weight excluding hydrogens is 434 g/mol. The number of aromatic nitrogens is 1. The number of phenolic OH excluding ortho intramolecular Hbond substituents is 2. The molecule has 8 heteroatoms. The van der Waals surface area contributed by atoms with E-state index in [1.54, 1.807) is 6.07 Å². The second-order valence-electron chi connectivity index (χ2n) is 8.52. The van der Waals surface area contributed by atoms with Crippen LogP contribution in [0.1, 0.15) is 48.3 Å². The highest BCUT2D eigenvalue weighted by Crippen LogP contribution is 2.43. The number of rotatable bonds is 4. The molecule has 1 aliphatic carbocycles. The van der Waals surface area contributed by atoms with Crippen LogP contribution >= 0.6 is 0 Å². The summed E-state index contributed by atoms with van der Waals surface area (Å²) in [5.41, 5.74) is 3.48. The molecule has 0 spiro atoms. The van der Waals surface area contributed by atoms with E-state index in [0.29, 0.717) is 36.4 Å². The molecule has 0 radical (unpaired) electrons. The summed E-state index contributed by atoms with van der Waals surface area (Å²) >= 11 is 0. The Balaban J connectivity index is 1.90. The van der Waals surface area contributed by atoms with Gasteiger partial charge in [0.2, 0.25) is 0 Å². The van der Waals surface area contributed by atoms with Gasteiger partial charge >= 0.3 is 0 Å². The van der Waals surface area contributed by atoms with E-state index in [0.717, 1.165) is 30.8 Å². The second kappa shape index (κ2) is 10.3. The summed E-state index contributed by atoms with van der Waals surface area (Å²) in [5.74, 6) is -0.367. The number of amides is 1. The molecule has 2 aromatic rings. The highest BCUT2D eigenvalue weighted by Gasteiger charge is 2.28. The van der Waals surface area contributed by atoms with Gasteiger partial charge in [-0.15, -0.1) is 0 Å². The molecule has 2 bridgehead atoms. The van der Waals surface area contributed by atoms with Crippen LogP contribution < -0.4 is 5.32 Å². The van der Waals surface area contributed by atoms with Gasteiger partial charge in [-0.3, -0.25) is 9.69 Å². The molecule has 1 aliphatic heterocycles. The monoisotopic (exact) mass is 465 g/mol. The number of hydrogen-bond acceptors (Lipinski definition) is 7. The van der Waals surface area contributed by atoms with E-state index < -0.39 is 0 Å². The fraction of sp³-hybridized carbons (Fsp3) is 0.385. The molecule has 4 rings (SSSR count). The molecule has 1 amide bonds. The molecule has 34 heavy (non-hydrogen) atoms. The molecule has 0 saturated carbocycles. The SMILES string of the molecule is C\C=C1/C=C\C(CN2CCOCC2)=C/C(C)c2cc(c(O)cc2O)-c2onc(C(=O)NCC)c21. The molecule has 1 aromatic carbocycles. The fourth-order valence-corrected chi connectivity index (χ4v) is 4.39. The summed E-state index contributed by atoms with van der Waals surface area (Å²) in [7, 11) is 0. The van der Waals surface area contributed by atoms with E-state index in [9.17, 15) is 15.0 Å². The zero-order chi connectivity index (χ0) is 24.2. The minimum Gasteiger partial charge on any atom is -0.508 e. The van der Waals surface area contributed by atoms with Crippen molar-refractivity contribution in [3.63, 3.8) is 0 Å². The van der Waals surface area contributed by atoms with Crippen LogP contribution in [-0.2, 0) is 4.74 Å². The van der Waals surface area contributed by atoms with Gasteiger partial charge in [0, 0.05) is 43.7 Å². The van der Waals surface area contributed by atoms with Gasteiger partial charge in [-0.1, -0.05) is 36.4 Å². The van der Waals surface area contributed by atoms with Crippen LogP contribution in [-0.4, -0.2) is 65.6 Å². The summed E-state index contributed by atoms with van der Waals surface area (Å²) in [6.07, 6.45) is 7.99. The van der Waals surface area contributed by atoms with Gasteiger partial charge in [0.05, 0.1) is 24.3 Å². The molecule has 3 N–H and O–H groups in total. The number of allylic oxidation sites excluding steroid dienone is 4. The molecule has 1 saturated heterocycles. The second-order valence-corrected chi connectivity index (χ2v) is 8.52. The van der Waals surface area contributed by atoms with Crippen LogP contribution in [0, 0.1) is 0 Å². The van der Waals surface area contributed by atoms with E-state index in [2.05, 4.69) is 21.4 Å². The number of aromatic hydroxyl groups is 2. The molecule has 1 atom stereocenters. The highest BCUT2D eigenvalue weighted by molar-refractivity contribution is 6.01. The van der Waals surface area contributed by atoms with E-state index in [-0.39, 0.29) is 34.8 Å². The Bertz CT molecular complexity index is 1160. The number of phenols is 2. The molecule has 1 unspecified atom stereocenters. The lowest BCUT2D eigenvalue weighted by Gasteiger charge is -2.27. The quantitative estimate of drug-likeness (QED) is 0.630. The maximum atomic E-state index is 12.8. The Morgan fingerprint density at radius 2 is 2.00 bits per heavy atom. The van der Waals surface area contributed by atoms with Crippen LogP contribution in [0.15, 0.2) is 46.5 Å². The Hall–Kier alpha value is -3.36. The first-order chi connectivity index (χ1) is 16.4. The van der Waals surface area contributed by atoms with Crippen molar-refractivity contribution < 1.29 is 24.3 Å². The molecule has 2 heterocycles. The van der Waals surface area contributed by atoms with Crippen molar-refractivity contribution in [1.82, 2.24) is 15.4 Å². The van der Waals surface area contributed by atoms with Crippen molar-refractivity contribution in [3.8, 4) is 22.8 Å². The van der Waals surface area contributed by atoms with E-state index in [1.165, 1.54) is 6.07 Å². The third-order valence-corrected chi connectivity index (χ3v) is 6.18. The summed E-state index contributed by atoms with van der Waals surface area (Å²) < 4.78 is 11.1. The van der Waals surface area contributed by atoms with Gasteiger partial charge in [0.25, 0.3) is 5.91 Å². The van der Waals surface area contributed by atoms with Gasteiger partial charge in [0.1, 0.15) is 11.5 Å². The smallest absolute Gasteiger partial charge is 0.274 e. The predicted molar refractivity (Wildman–Crippen MR) is 130 cm³/mol. The van der Waals surface area contributed by atoms with E-state index in [1.807, 2.05) is 39.0 Å². The number of nitrogens with one attached hydrogen (secondary N) is 1. The summed E-state index contributed by atoms with van der Waals surface area (Å²) in [6.45, 7) is 9.99. The van der Waals surface area contributed by atoms with Crippen molar-refractivity contribution in [1.29, 1.82) is 0 Å². The van der Waals surface area contributed by atoms with Gasteiger partial charge < -0.3 is 24.8 Å². The number of ether oxygens (including phenoxy) is 1. The lowest BCUT2D eigenvalue weighted by molar-refractivity contribution is 0.0426. The highest BCUT2D eigenvalue weighted by atomic mass is 16.5.